The molecule has 0 spiro atoms. The van der Waals surface area contributed by atoms with Gasteiger partial charge in [-0.05, 0) is 55.3 Å². The van der Waals surface area contributed by atoms with Gasteiger partial charge in [0.05, 0.1) is 25.9 Å². The van der Waals surface area contributed by atoms with Gasteiger partial charge in [0.2, 0.25) is 0 Å². The largest absolute Gasteiger partial charge is 0.504 e. The third kappa shape index (κ3) is 10.3. The second-order valence-electron chi connectivity index (χ2n) is 13.8. The molecule has 3 saturated heterocycles. The number of carbonyl (C=O) groups is 1. The number of phenols is 4. The monoisotopic (exact) mass is 830 g/mol. The molecule has 1 unspecified atom stereocenters. The number of carbonyl (C=O) groups excluding carboxylic acids is 1. The summed E-state index contributed by atoms with van der Waals surface area (Å²) in [5.74, 6) is -2.74. The van der Waals surface area contributed by atoms with Gasteiger partial charge in [-0.3, -0.25) is 0 Å². The highest BCUT2D eigenvalue weighted by Gasteiger charge is 2.54. The minimum Gasteiger partial charge on any atom is -0.504 e. The maximum absolute atomic E-state index is 13.1. The smallest absolute Gasteiger partial charge is 0.331 e. The molecule has 3 aliphatic heterocycles. The number of hydrogen-bond acceptors (Lipinski definition) is 21. The first-order chi connectivity index (χ1) is 27.6. The normalized spacial score (nSPS) is 36.1. The Bertz CT molecular complexity index is 1680. The standard InChI is InChI=1S/C37H50O21/c1-3-51-24(17-6-8-19(41)21(43)11-17)14-52-35-31(50)34(33(23(13-39)55-35)56-25(44)9-5-16-4-7-18(40)20(42)10-16)58-36-30(49)28(47)32(15(2)53-36)57-37-29(48)27(46)26(45)22(12-38)54-37/h4-11,15,22-24,26-43,45-50H,3,12-14H2,1-2H3/b9-5+/t15-,22+,23+,24?,26+,27-,28-,29+,30+,31+,32-,33+,34+,35+,36-,37-/m0/s1. The molecule has 324 valence electrons. The van der Waals surface area contributed by atoms with Crippen molar-refractivity contribution in [1.29, 1.82) is 0 Å². The third-order valence-corrected chi connectivity index (χ3v) is 9.82. The lowest BCUT2D eigenvalue weighted by atomic mass is 9.96. The van der Waals surface area contributed by atoms with E-state index >= 15 is 0 Å². The lowest BCUT2D eigenvalue weighted by Crippen LogP contribution is -2.66. The van der Waals surface area contributed by atoms with Crippen LogP contribution in [0.3, 0.4) is 0 Å². The van der Waals surface area contributed by atoms with Crippen molar-refractivity contribution in [3.8, 4) is 23.0 Å². The van der Waals surface area contributed by atoms with Crippen LogP contribution < -0.4 is 0 Å². The second kappa shape index (κ2) is 20.0. The molecule has 0 saturated carbocycles. The van der Waals surface area contributed by atoms with Crippen molar-refractivity contribution in [3.63, 3.8) is 0 Å². The van der Waals surface area contributed by atoms with Crippen LogP contribution in [0, 0.1) is 0 Å². The van der Waals surface area contributed by atoms with Crippen molar-refractivity contribution in [2.75, 3.05) is 26.4 Å². The Morgan fingerprint density at radius 1 is 0.690 bits per heavy atom. The fraction of sp³-hybridized carbons (Fsp3) is 0.595. The predicted molar refractivity (Wildman–Crippen MR) is 190 cm³/mol. The van der Waals surface area contributed by atoms with E-state index in [1.54, 1.807) is 6.92 Å². The van der Waals surface area contributed by atoms with Crippen LogP contribution in [0.2, 0.25) is 0 Å². The lowest BCUT2D eigenvalue weighted by Gasteiger charge is -2.48. The quantitative estimate of drug-likeness (QED) is 0.0495. The van der Waals surface area contributed by atoms with Gasteiger partial charge in [-0.2, -0.15) is 0 Å². The Hall–Kier alpha value is -3.75. The zero-order chi connectivity index (χ0) is 42.4. The first-order valence-electron chi connectivity index (χ1n) is 18.3. The summed E-state index contributed by atoms with van der Waals surface area (Å²) in [5, 5.41) is 124. The molecule has 2 aromatic carbocycles. The number of rotatable bonds is 15. The van der Waals surface area contributed by atoms with E-state index < -0.39 is 135 Å². The van der Waals surface area contributed by atoms with Gasteiger partial charge in [-0.15, -0.1) is 0 Å². The molecule has 3 aliphatic rings. The fourth-order valence-corrected chi connectivity index (χ4v) is 6.62. The molecule has 0 amide bonds. The third-order valence-electron chi connectivity index (χ3n) is 9.82. The number of phenolic OH excluding ortho intramolecular Hbond substituents is 4. The summed E-state index contributed by atoms with van der Waals surface area (Å²) in [5.41, 5.74) is 0.650. The predicted octanol–water partition coefficient (Wildman–Crippen LogP) is -2.66. The van der Waals surface area contributed by atoms with E-state index in [2.05, 4.69) is 0 Å². The number of aliphatic hydroxyl groups excluding tert-OH is 8. The average molecular weight is 831 g/mol. The van der Waals surface area contributed by atoms with Crippen molar-refractivity contribution in [3.05, 3.63) is 53.6 Å². The Morgan fingerprint density at radius 2 is 1.29 bits per heavy atom. The SMILES string of the molecule is CCOC(CO[C@@H]1O[C@H](CO)[C@@H](OC(=O)/C=C/c2ccc(O)c(O)c2)[C@H](O[C@@H]2O[C@@H](C)[C@H](O[C@@H]3O[C@H](CO)[C@@H](O)[C@H](O)[C@H]3O)[C@@H](O)[C@H]2O)[C@H]1O)c1ccc(O)c(O)c1. The van der Waals surface area contributed by atoms with Crippen molar-refractivity contribution < 1.29 is 104 Å². The van der Waals surface area contributed by atoms with Crippen LogP contribution in [0.5, 0.6) is 23.0 Å². The van der Waals surface area contributed by atoms with Crippen LogP contribution in [-0.4, -0.2) is 186 Å². The van der Waals surface area contributed by atoms with Crippen LogP contribution in [0.1, 0.15) is 31.1 Å². The van der Waals surface area contributed by atoms with Crippen molar-refractivity contribution in [2.24, 2.45) is 0 Å². The second-order valence-corrected chi connectivity index (χ2v) is 13.8. The van der Waals surface area contributed by atoms with E-state index in [0.717, 1.165) is 12.1 Å². The number of esters is 1. The molecule has 0 aliphatic carbocycles. The molecule has 0 bridgehead atoms. The van der Waals surface area contributed by atoms with E-state index in [-0.39, 0.29) is 24.5 Å². The van der Waals surface area contributed by atoms with Crippen LogP contribution in [0.4, 0.5) is 0 Å². The highest BCUT2D eigenvalue weighted by atomic mass is 16.8. The van der Waals surface area contributed by atoms with Crippen LogP contribution >= 0.6 is 0 Å². The molecule has 2 aromatic rings. The van der Waals surface area contributed by atoms with Crippen LogP contribution in [0.25, 0.3) is 6.08 Å². The highest BCUT2D eigenvalue weighted by Crippen LogP contribution is 2.35. The molecule has 0 radical (unpaired) electrons. The summed E-state index contributed by atoms with van der Waals surface area (Å²) in [6.45, 7) is 1.29. The van der Waals surface area contributed by atoms with Gasteiger partial charge in [0.25, 0.3) is 0 Å². The molecule has 21 heteroatoms. The lowest BCUT2D eigenvalue weighted by molar-refractivity contribution is -0.377. The number of aromatic hydroxyl groups is 4. The van der Waals surface area contributed by atoms with Gasteiger partial charge in [-0.25, -0.2) is 4.79 Å². The zero-order valence-electron chi connectivity index (χ0n) is 31.2. The number of benzene rings is 2. The Kier molecular flexibility index (Phi) is 15.6. The molecule has 12 N–H and O–H groups in total. The van der Waals surface area contributed by atoms with E-state index in [1.165, 1.54) is 43.3 Å². The minimum absolute atomic E-state index is 0.169. The van der Waals surface area contributed by atoms with Gasteiger partial charge in [0.15, 0.2) is 48.0 Å². The van der Waals surface area contributed by atoms with Crippen LogP contribution in [-0.2, 0) is 42.7 Å². The molecule has 0 aromatic heterocycles. The molecule has 16 atom stereocenters. The topological polar surface area (TPSA) is 334 Å². The average Bonchev–Trinajstić information content (AvgIpc) is 3.20. The van der Waals surface area contributed by atoms with Crippen molar-refractivity contribution in [1.82, 2.24) is 0 Å². The minimum atomic E-state index is -1.99. The van der Waals surface area contributed by atoms with Gasteiger partial charge >= 0.3 is 5.97 Å². The van der Waals surface area contributed by atoms with Gasteiger partial charge in [-0.1, -0.05) is 12.1 Å². The molecular weight excluding hydrogens is 780 g/mol. The van der Waals surface area contributed by atoms with Crippen molar-refractivity contribution >= 4 is 12.0 Å². The summed E-state index contributed by atoms with van der Waals surface area (Å²) in [6.07, 6.45) is -23.9. The summed E-state index contributed by atoms with van der Waals surface area (Å²) in [6, 6.07) is 7.66. The van der Waals surface area contributed by atoms with Gasteiger partial charge in [0.1, 0.15) is 67.1 Å². The first kappa shape index (κ1) is 45.3. The first-order valence-corrected chi connectivity index (χ1v) is 18.3. The molecule has 3 heterocycles. The fourth-order valence-electron chi connectivity index (χ4n) is 6.62. The van der Waals surface area contributed by atoms with E-state index in [9.17, 15) is 66.1 Å². The molecule has 5 rings (SSSR count). The summed E-state index contributed by atoms with van der Waals surface area (Å²) < 4.78 is 45.9. The van der Waals surface area contributed by atoms with E-state index in [0.29, 0.717) is 5.56 Å². The van der Waals surface area contributed by atoms with E-state index in [1.807, 2.05) is 0 Å². The molecule has 58 heavy (non-hydrogen) atoms. The molecule has 21 nitrogen and oxygen atoms in total. The zero-order valence-corrected chi connectivity index (χ0v) is 31.2. The number of ether oxygens (including phenoxy) is 8. The maximum Gasteiger partial charge on any atom is 0.331 e. The van der Waals surface area contributed by atoms with Crippen LogP contribution in [0.15, 0.2) is 42.5 Å². The summed E-state index contributed by atoms with van der Waals surface area (Å²) >= 11 is 0. The highest BCUT2D eigenvalue weighted by molar-refractivity contribution is 5.87. The summed E-state index contributed by atoms with van der Waals surface area (Å²) in [7, 11) is 0. The molecule has 3 fully saturated rings. The Balaban J connectivity index is 1.37. The Labute approximate surface area is 331 Å². The summed E-state index contributed by atoms with van der Waals surface area (Å²) in [4.78, 5) is 13.1. The van der Waals surface area contributed by atoms with Gasteiger partial charge < -0.3 is 99.2 Å². The van der Waals surface area contributed by atoms with Crippen molar-refractivity contribution in [2.45, 2.75) is 112 Å². The molecular formula is C37H50O21. The number of aliphatic hydroxyl groups is 8. The van der Waals surface area contributed by atoms with E-state index in [4.69, 9.17) is 37.9 Å². The Morgan fingerprint density at radius 3 is 1.93 bits per heavy atom. The number of hydrogen-bond donors (Lipinski definition) is 12. The maximum atomic E-state index is 13.1. The van der Waals surface area contributed by atoms with Gasteiger partial charge in [0, 0.05) is 12.7 Å².